The Bertz CT molecular complexity index is 388. The number of amidine groups is 1. The van der Waals surface area contributed by atoms with Gasteiger partial charge in [-0.15, -0.1) is 0 Å². The van der Waals surface area contributed by atoms with Gasteiger partial charge in [0.1, 0.15) is 0 Å². The van der Waals surface area contributed by atoms with Gasteiger partial charge in [0.15, 0.2) is 5.17 Å². The van der Waals surface area contributed by atoms with E-state index in [0.29, 0.717) is 27.5 Å². The number of hydrogen-bond acceptors (Lipinski definition) is 3. The Morgan fingerprint density at radius 3 is 2.24 bits per heavy atom. The Kier molecular flexibility index (Phi) is 4.74. The molecule has 1 saturated carbocycles. The highest BCUT2D eigenvalue weighted by Crippen LogP contribution is 2.46. The van der Waals surface area contributed by atoms with Crippen LogP contribution in [0.15, 0.2) is 4.99 Å². The van der Waals surface area contributed by atoms with Crippen LogP contribution in [0.5, 0.6) is 0 Å². The second kappa shape index (κ2) is 5.79. The largest absolute Gasteiger partial charge is 0.362 e. The number of rotatable bonds is 2. The molecule has 1 atom stereocenters. The molecule has 0 radical (unpaired) electrons. The molecule has 0 aromatic heterocycles. The van der Waals surface area contributed by atoms with Crippen LogP contribution >= 0.6 is 11.8 Å². The average molecular weight is 311 g/mol. The van der Waals surface area contributed by atoms with Crippen molar-refractivity contribution in [2.24, 2.45) is 21.2 Å². The summed E-state index contributed by atoms with van der Waals surface area (Å²) in [7, 11) is 0. The minimum absolute atomic E-state index is 0.400. The molecule has 2 aliphatic rings. The fraction of sp³-hybridized carbons (Fsp3) is 0.944. The predicted molar refractivity (Wildman–Crippen MR) is 96.1 cm³/mol. The highest BCUT2D eigenvalue weighted by atomic mass is 32.2. The summed E-state index contributed by atoms with van der Waals surface area (Å²) < 4.78 is 0. The quantitative estimate of drug-likeness (QED) is 0.768. The summed E-state index contributed by atoms with van der Waals surface area (Å²) in [5.41, 5.74) is 1.28. The molecule has 122 valence electrons. The fourth-order valence-electron chi connectivity index (χ4n) is 4.41. The van der Waals surface area contributed by atoms with Crippen LogP contribution in [0.1, 0.15) is 74.1 Å². The van der Waals surface area contributed by atoms with Gasteiger partial charge in [0, 0.05) is 11.3 Å². The summed E-state index contributed by atoms with van der Waals surface area (Å²) >= 11 is 1.97. The van der Waals surface area contributed by atoms with E-state index in [1.54, 1.807) is 0 Å². The van der Waals surface area contributed by atoms with Crippen LogP contribution < -0.4 is 5.32 Å². The van der Waals surface area contributed by atoms with Gasteiger partial charge in [0.25, 0.3) is 0 Å². The molecule has 0 aromatic rings. The van der Waals surface area contributed by atoms with E-state index in [1.807, 2.05) is 11.8 Å². The van der Waals surface area contributed by atoms with Crippen molar-refractivity contribution in [1.82, 2.24) is 5.32 Å². The summed E-state index contributed by atoms with van der Waals surface area (Å²) in [6, 6.07) is 0.586. The molecule has 2 rings (SSSR count). The molecule has 1 unspecified atom stereocenters. The number of hydrogen-bond donors (Lipinski definition) is 1. The van der Waals surface area contributed by atoms with Gasteiger partial charge >= 0.3 is 0 Å². The number of nitrogens with one attached hydrogen (secondary N) is 1. The molecule has 1 heterocycles. The van der Waals surface area contributed by atoms with Crippen molar-refractivity contribution in [3.8, 4) is 0 Å². The van der Waals surface area contributed by atoms with Gasteiger partial charge in [-0.3, -0.25) is 4.99 Å². The van der Waals surface area contributed by atoms with E-state index in [2.05, 4.69) is 53.8 Å². The zero-order valence-electron chi connectivity index (χ0n) is 15.0. The second-order valence-electron chi connectivity index (χ2n) is 9.91. The third-order valence-corrected chi connectivity index (χ3v) is 5.56. The van der Waals surface area contributed by atoms with Crippen LogP contribution in [0.4, 0.5) is 0 Å². The Balaban J connectivity index is 1.88. The van der Waals surface area contributed by atoms with Crippen molar-refractivity contribution in [3.05, 3.63) is 0 Å². The maximum Gasteiger partial charge on any atom is 0.157 e. The SMILES string of the molecule is CC(C)(C)CC1CN=C(NC2CC(C)(C)CC(C)(C)C2)S1. The molecule has 0 saturated heterocycles. The molecule has 0 aromatic carbocycles. The van der Waals surface area contributed by atoms with E-state index in [9.17, 15) is 0 Å². The molecule has 1 aliphatic heterocycles. The zero-order valence-corrected chi connectivity index (χ0v) is 15.9. The van der Waals surface area contributed by atoms with Crippen LogP contribution in [-0.2, 0) is 0 Å². The number of thioether (sulfide) groups is 1. The predicted octanol–water partition coefficient (Wildman–Crippen LogP) is 5.09. The molecule has 21 heavy (non-hydrogen) atoms. The maximum atomic E-state index is 4.76. The summed E-state index contributed by atoms with van der Waals surface area (Å²) in [6.07, 6.45) is 5.10. The van der Waals surface area contributed by atoms with Gasteiger partial charge in [-0.25, -0.2) is 0 Å². The summed E-state index contributed by atoms with van der Waals surface area (Å²) in [4.78, 5) is 4.76. The molecular formula is C18H34N2S. The fourth-order valence-corrected chi connectivity index (χ4v) is 5.84. The van der Waals surface area contributed by atoms with Crippen molar-refractivity contribution in [3.63, 3.8) is 0 Å². The van der Waals surface area contributed by atoms with Crippen molar-refractivity contribution >= 4 is 16.9 Å². The molecule has 1 aliphatic carbocycles. The number of aliphatic imine (C=N–C) groups is 1. The minimum atomic E-state index is 0.400. The average Bonchev–Trinajstić information content (AvgIpc) is 2.56. The van der Waals surface area contributed by atoms with Gasteiger partial charge in [-0.05, 0) is 41.9 Å². The Labute approximate surface area is 135 Å². The lowest BCUT2D eigenvalue weighted by Gasteiger charge is -2.45. The normalized spacial score (nSPS) is 29.3. The highest BCUT2D eigenvalue weighted by Gasteiger charge is 2.39. The number of nitrogens with zero attached hydrogens (tertiary/aromatic N) is 1. The van der Waals surface area contributed by atoms with E-state index >= 15 is 0 Å². The Morgan fingerprint density at radius 2 is 1.71 bits per heavy atom. The highest BCUT2D eigenvalue weighted by molar-refractivity contribution is 8.14. The summed E-state index contributed by atoms with van der Waals surface area (Å²) in [5.74, 6) is 0. The van der Waals surface area contributed by atoms with Crippen LogP contribution in [0.2, 0.25) is 0 Å². The zero-order chi connectivity index (χ0) is 15.9. The van der Waals surface area contributed by atoms with Crippen molar-refractivity contribution in [1.29, 1.82) is 0 Å². The first-order valence-electron chi connectivity index (χ1n) is 8.42. The lowest BCUT2D eigenvalue weighted by atomic mass is 9.63. The van der Waals surface area contributed by atoms with E-state index < -0.39 is 0 Å². The van der Waals surface area contributed by atoms with Crippen molar-refractivity contribution in [2.75, 3.05) is 6.54 Å². The molecule has 0 amide bonds. The summed E-state index contributed by atoms with van der Waals surface area (Å²) in [6.45, 7) is 17.6. The monoisotopic (exact) mass is 310 g/mol. The van der Waals surface area contributed by atoms with Crippen LogP contribution in [0, 0.1) is 16.2 Å². The lowest BCUT2D eigenvalue weighted by molar-refractivity contribution is 0.0925. The Hall–Kier alpha value is -0.180. The van der Waals surface area contributed by atoms with Crippen LogP contribution in [0.3, 0.4) is 0 Å². The Morgan fingerprint density at radius 1 is 1.14 bits per heavy atom. The molecule has 2 nitrogen and oxygen atoms in total. The van der Waals surface area contributed by atoms with E-state index in [1.165, 1.54) is 30.9 Å². The third-order valence-electron chi connectivity index (χ3n) is 4.44. The first kappa shape index (κ1) is 17.2. The third kappa shape index (κ3) is 5.50. The molecule has 3 heteroatoms. The summed E-state index contributed by atoms with van der Waals surface area (Å²) in [5, 5.41) is 5.62. The maximum absolute atomic E-state index is 4.76. The van der Waals surface area contributed by atoms with E-state index in [0.717, 1.165) is 6.54 Å². The van der Waals surface area contributed by atoms with Crippen LogP contribution in [0.25, 0.3) is 0 Å². The molecule has 0 bridgehead atoms. The minimum Gasteiger partial charge on any atom is -0.362 e. The van der Waals surface area contributed by atoms with Gasteiger partial charge in [0.05, 0.1) is 6.54 Å². The second-order valence-corrected chi connectivity index (χ2v) is 11.2. The van der Waals surface area contributed by atoms with Gasteiger partial charge in [-0.1, -0.05) is 60.2 Å². The first-order chi connectivity index (χ1) is 9.44. The smallest absolute Gasteiger partial charge is 0.157 e. The van der Waals surface area contributed by atoms with Crippen molar-refractivity contribution in [2.45, 2.75) is 85.4 Å². The van der Waals surface area contributed by atoms with Crippen molar-refractivity contribution < 1.29 is 0 Å². The topological polar surface area (TPSA) is 24.4 Å². The van der Waals surface area contributed by atoms with Crippen LogP contribution in [-0.4, -0.2) is 23.0 Å². The molecule has 1 fully saturated rings. The molecule has 0 spiro atoms. The van der Waals surface area contributed by atoms with E-state index in [4.69, 9.17) is 4.99 Å². The molecular weight excluding hydrogens is 276 g/mol. The van der Waals surface area contributed by atoms with Gasteiger partial charge in [-0.2, -0.15) is 0 Å². The standard InChI is InChI=1S/C18H34N2S/c1-16(2,3)10-14-11-19-15(21-14)20-13-8-17(4,5)12-18(6,7)9-13/h13-14H,8-12H2,1-7H3,(H,19,20). The molecule has 1 N–H and O–H groups in total. The first-order valence-corrected chi connectivity index (χ1v) is 9.30. The van der Waals surface area contributed by atoms with E-state index in [-0.39, 0.29) is 0 Å². The van der Waals surface area contributed by atoms with Gasteiger partial charge in [0.2, 0.25) is 0 Å². The van der Waals surface area contributed by atoms with Gasteiger partial charge < -0.3 is 5.32 Å². The lowest BCUT2D eigenvalue weighted by Crippen LogP contribution is -2.45.